The molecule has 0 spiro atoms. The summed E-state index contributed by atoms with van der Waals surface area (Å²) in [4.78, 5) is 17.0. The molecule has 172 valence electrons. The van der Waals surface area contributed by atoms with Gasteiger partial charge in [0.25, 0.3) is 0 Å². The van der Waals surface area contributed by atoms with E-state index in [0.717, 1.165) is 75.6 Å². The first kappa shape index (κ1) is 23.6. The molecule has 6 nitrogen and oxygen atoms in total. The van der Waals surface area contributed by atoms with Gasteiger partial charge in [-0.2, -0.15) is 9.97 Å². The highest BCUT2D eigenvalue weighted by atomic mass is 16.5. The molecule has 6 heteroatoms. The normalized spacial score (nSPS) is 17.6. The van der Waals surface area contributed by atoms with E-state index in [0.29, 0.717) is 12.6 Å². The molecular weight excluding hydrogens is 386 g/mol. The standard InChI is InChI=1S/C25H41N5O/c1-5-12-22-23(7-3)26-25(31-20-11-15-28-13-9-8-10-14-28)27-24(22)30-18-16-29(17-19-30)21(4)6-2/h6H,2,4-5,7-20H2,1,3H3. The Bertz CT molecular complexity index is 721. The molecule has 2 aliphatic rings. The number of allylic oxidation sites excluding steroid dienone is 1. The van der Waals surface area contributed by atoms with Crippen LogP contribution in [0, 0.1) is 0 Å². The van der Waals surface area contributed by atoms with Crippen LogP contribution in [0.15, 0.2) is 24.9 Å². The Kier molecular flexibility index (Phi) is 9.19. The van der Waals surface area contributed by atoms with Gasteiger partial charge >= 0.3 is 6.01 Å². The van der Waals surface area contributed by atoms with Crippen LogP contribution < -0.4 is 9.64 Å². The van der Waals surface area contributed by atoms with Crippen LogP contribution in [0.3, 0.4) is 0 Å². The molecule has 0 unspecified atom stereocenters. The van der Waals surface area contributed by atoms with Gasteiger partial charge in [0, 0.05) is 44.0 Å². The number of hydrogen-bond donors (Lipinski definition) is 0. The number of piperazine rings is 1. The van der Waals surface area contributed by atoms with Gasteiger partial charge in [0.05, 0.1) is 12.3 Å². The van der Waals surface area contributed by atoms with Crippen molar-refractivity contribution in [3.8, 4) is 6.01 Å². The summed E-state index contributed by atoms with van der Waals surface area (Å²) in [5, 5.41) is 0. The van der Waals surface area contributed by atoms with Crippen LogP contribution in [-0.4, -0.2) is 72.2 Å². The minimum atomic E-state index is 0.545. The Morgan fingerprint density at radius 2 is 1.77 bits per heavy atom. The molecule has 3 rings (SSSR count). The zero-order valence-corrected chi connectivity index (χ0v) is 19.7. The summed E-state index contributed by atoms with van der Waals surface area (Å²) >= 11 is 0. The van der Waals surface area contributed by atoms with Crippen molar-refractivity contribution in [2.24, 2.45) is 0 Å². The topological polar surface area (TPSA) is 44.7 Å². The third kappa shape index (κ3) is 6.45. The number of aryl methyl sites for hydroxylation is 1. The first-order chi connectivity index (χ1) is 15.2. The van der Waals surface area contributed by atoms with Gasteiger partial charge in [-0.1, -0.05) is 39.8 Å². The number of piperidine rings is 1. The molecule has 1 aromatic heterocycles. The number of aromatic nitrogens is 2. The molecule has 3 heterocycles. The van der Waals surface area contributed by atoms with Crippen molar-refractivity contribution in [3.63, 3.8) is 0 Å². The third-order valence-electron chi connectivity index (χ3n) is 6.40. The number of nitrogens with zero attached hydrogens (tertiary/aromatic N) is 5. The lowest BCUT2D eigenvalue weighted by Gasteiger charge is -2.37. The smallest absolute Gasteiger partial charge is 0.318 e. The highest BCUT2D eigenvalue weighted by Crippen LogP contribution is 2.27. The first-order valence-corrected chi connectivity index (χ1v) is 12.2. The van der Waals surface area contributed by atoms with Crippen LogP contribution >= 0.6 is 0 Å². The van der Waals surface area contributed by atoms with Crippen LogP contribution in [0.25, 0.3) is 0 Å². The third-order valence-corrected chi connectivity index (χ3v) is 6.40. The molecule has 2 saturated heterocycles. The van der Waals surface area contributed by atoms with Gasteiger partial charge in [0.1, 0.15) is 5.82 Å². The summed E-state index contributed by atoms with van der Waals surface area (Å²) in [6.45, 7) is 20.3. The molecule has 0 amide bonds. The molecule has 2 fully saturated rings. The Labute approximate surface area is 189 Å². The number of ether oxygens (including phenoxy) is 1. The molecule has 0 bridgehead atoms. The van der Waals surface area contributed by atoms with Crippen LogP contribution in [0.1, 0.15) is 57.2 Å². The highest BCUT2D eigenvalue weighted by molar-refractivity contribution is 5.51. The lowest BCUT2D eigenvalue weighted by Crippen LogP contribution is -2.46. The number of anilines is 1. The number of hydrogen-bond acceptors (Lipinski definition) is 6. The second-order valence-corrected chi connectivity index (χ2v) is 8.63. The predicted molar refractivity (Wildman–Crippen MR) is 129 cm³/mol. The fourth-order valence-electron chi connectivity index (χ4n) is 4.59. The zero-order valence-electron chi connectivity index (χ0n) is 19.7. The molecule has 1 aromatic rings. The van der Waals surface area contributed by atoms with Crippen molar-refractivity contribution < 1.29 is 4.74 Å². The quantitative estimate of drug-likeness (QED) is 0.392. The second-order valence-electron chi connectivity index (χ2n) is 8.63. The Morgan fingerprint density at radius 3 is 2.42 bits per heavy atom. The SMILES string of the molecule is C=CC(=C)N1CCN(c2nc(OCCCN3CCCCC3)nc(CC)c2CCC)CC1. The Balaban J connectivity index is 1.66. The van der Waals surface area contributed by atoms with E-state index >= 15 is 0 Å². The summed E-state index contributed by atoms with van der Waals surface area (Å²) < 4.78 is 6.07. The van der Waals surface area contributed by atoms with E-state index in [1.54, 1.807) is 0 Å². The summed E-state index contributed by atoms with van der Waals surface area (Å²) in [6, 6.07) is 0.545. The molecule has 0 saturated carbocycles. The molecule has 0 aliphatic carbocycles. The number of rotatable bonds is 11. The molecule has 0 aromatic carbocycles. The average molecular weight is 428 g/mol. The van der Waals surface area contributed by atoms with E-state index in [4.69, 9.17) is 14.7 Å². The largest absolute Gasteiger partial charge is 0.463 e. The fraction of sp³-hybridized carbons (Fsp3) is 0.680. The highest BCUT2D eigenvalue weighted by Gasteiger charge is 2.23. The maximum atomic E-state index is 6.07. The fourth-order valence-corrected chi connectivity index (χ4v) is 4.59. The van der Waals surface area contributed by atoms with E-state index in [1.165, 1.54) is 37.9 Å². The van der Waals surface area contributed by atoms with Crippen LogP contribution in [0.5, 0.6) is 6.01 Å². The van der Waals surface area contributed by atoms with Crippen molar-refractivity contribution in [1.82, 2.24) is 19.8 Å². The van der Waals surface area contributed by atoms with Crippen molar-refractivity contribution in [3.05, 3.63) is 36.2 Å². The minimum Gasteiger partial charge on any atom is -0.463 e. The van der Waals surface area contributed by atoms with E-state index in [-0.39, 0.29) is 0 Å². The van der Waals surface area contributed by atoms with Crippen molar-refractivity contribution in [1.29, 1.82) is 0 Å². The Hall–Kier alpha value is -2.08. The maximum Gasteiger partial charge on any atom is 0.318 e. The van der Waals surface area contributed by atoms with Crippen LogP contribution in [0.2, 0.25) is 0 Å². The van der Waals surface area contributed by atoms with Gasteiger partial charge in [0.15, 0.2) is 0 Å². The summed E-state index contributed by atoms with van der Waals surface area (Å²) in [5.74, 6) is 1.07. The molecule has 0 atom stereocenters. The second kappa shape index (κ2) is 12.1. The van der Waals surface area contributed by atoms with Crippen LogP contribution in [-0.2, 0) is 12.8 Å². The predicted octanol–water partition coefficient (Wildman–Crippen LogP) is 4.07. The molecule has 31 heavy (non-hydrogen) atoms. The first-order valence-electron chi connectivity index (χ1n) is 12.2. The lowest BCUT2D eigenvalue weighted by molar-refractivity contribution is 0.200. The van der Waals surface area contributed by atoms with Crippen LogP contribution in [0.4, 0.5) is 5.82 Å². The van der Waals surface area contributed by atoms with Gasteiger partial charge in [-0.15, -0.1) is 0 Å². The van der Waals surface area contributed by atoms with Crippen molar-refractivity contribution >= 4 is 5.82 Å². The average Bonchev–Trinajstić information content (AvgIpc) is 2.82. The van der Waals surface area contributed by atoms with E-state index in [1.807, 2.05) is 6.08 Å². The summed E-state index contributed by atoms with van der Waals surface area (Å²) in [6.07, 6.45) is 9.91. The molecule has 2 aliphatic heterocycles. The van der Waals surface area contributed by atoms with E-state index in [2.05, 4.69) is 41.7 Å². The lowest BCUT2D eigenvalue weighted by atomic mass is 10.1. The van der Waals surface area contributed by atoms with E-state index < -0.39 is 0 Å². The van der Waals surface area contributed by atoms with E-state index in [9.17, 15) is 0 Å². The van der Waals surface area contributed by atoms with Gasteiger partial charge < -0.3 is 19.4 Å². The molecule has 0 radical (unpaired) electrons. The molecular formula is C25H41N5O. The number of likely N-dealkylation sites (tertiary alicyclic amines) is 1. The monoisotopic (exact) mass is 427 g/mol. The van der Waals surface area contributed by atoms with Gasteiger partial charge in [-0.3, -0.25) is 0 Å². The van der Waals surface area contributed by atoms with Gasteiger partial charge in [-0.25, -0.2) is 0 Å². The molecule has 0 N–H and O–H groups in total. The van der Waals surface area contributed by atoms with Gasteiger partial charge in [0.2, 0.25) is 0 Å². The summed E-state index contributed by atoms with van der Waals surface area (Å²) in [7, 11) is 0. The van der Waals surface area contributed by atoms with Crippen molar-refractivity contribution in [2.75, 3.05) is 57.3 Å². The zero-order chi connectivity index (χ0) is 22.1. The maximum absolute atomic E-state index is 6.07. The van der Waals surface area contributed by atoms with Gasteiger partial charge in [-0.05, 0) is 51.3 Å². The Morgan fingerprint density at radius 1 is 1.03 bits per heavy atom. The van der Waals surface area contributed by atoms with Crippen molar-refractivity contribution in [2.45, 2.75) is 58.8 Å². The minimum absolute atomic E-state index is 0.545. The summed E-state index contributed by atoms with van der Waals surface area (Å²) in [5.41, 5.74) is 3.43.